The van der Waals surface area contributed by atoms with Gasteiger partial charge < -0.3 is 8.98 Å². The third kappa shape index (κ3) is 2.44. The van der Waals surface area contributed by atoms with Gasteiger partial charge >= 0.3 is 0 Å². The van der Waals surface area contributed by atoms with Gasteiger partial charge in [-0.25, -0.2) is 9.37 Å². The Morgan fingerprint density at radius 2 is 2.14 bits per heavy atom. The summed E-state index contributed by atoms with van der Waals surface area (Å²) in [4.78, 5) is 4.42. The molecule has 3 rings (SSSR count). The van der Waals surface area contributed by atoms with E-state index in [0.717, 1.165) is 22.9 Å². The van der Waals surface area contributed by atoms with Crippen LogP contribution in [0.4, 0.5) is 4.39 Å². The van der Waals surface area contributed by atoms with Crippen LogP contribution in [0.25, 0.3) is 11.0 Å². The summed E-state index contributed by atoms with van der Waals surface area (Å²) in [5, 5.41) is 0. The maximum absolute atomic E-state index is 14.0. The van der Waals surface area contributed by atoms with Crippen molar-refractivity contribution in [2.45, 2.75) is 26.3 Å². The van der Waals surface area contributed by atoms with Gasteiger partial charge in [-0.2, -0.15) is 0 Å². The molecule has 2 heterocycles. The molecule has 1 atom stereocenters. The van der Waals surface area contributed by atoms with Gasteiger partial charge in [0.15, 0.2) is 5.82 Å². The lowest BCUT2D eigenvalue weighted by molar-refractivity contribution is 0.428. The Balaban J connectivity index is 2.19. The average Bonchev–Trinajstić information content (AvgIpc) is 3.03. The lowest BCUT2D eigenvalue weighted by Gasteiger charge is -2.15. The first-order valence-electron chi connectivity index (χ1n) is 6.89. The number of fused-ring (bicyclic) bond motifs is 1. The van der Waals surface area contributed by atoms with Crippen molar-refractivity contribution in [2.24, 2.45) is 0 Å². The molecule has 0 N–H and O–H groups in total. The fraction of sp³-hybridized carbons (Fsp3) is 0.312. The van der Waals surface area contributed by atoms with Crippen LogP contribution in [0.2, 0.25) is 0 Å². The van der Waals surface area contributed by atoms with Gasteiger partial charge in [0, 0.05) is 12.3 Å². The molecule has 0 aliphatic heterocycles. The normalized spacial score (nSPS) is 13.0. The molecule has 0 saturated heterocycles. The van der Waals surface area contributed by atoms with E-state index < -0.39 is 0 Å². The quantitative estimate of drug-likeness (QED) is 0.666. The first-order valence-corrected chi connectivity index (χ1v) is 7.43. The lowest BCUT2D eigenvalue weighted by Crippen LogP contribution is -2.10. The van der Waals surface area contributed by atoms with Gasteiger partial charge in [-0.15, -0.1) is 11.6 Å². The molecule has 0 bridgehead atoms. The number of hydrogen-bond acceptors (Lipinski definition) is 2. The van der Waals surface area contributed by atoms with Crippen molar-refractivity contribution >= 4 is 22.6 Å². The van der Waals surface area contributed by atoms with Gasteiger partial charge in [0.25, 0.3) is 0 Å². The molecule has 3 aromatic rings. The molecule has 1 aromatic carbocycles. The van der Waals surface area contributed by atoms with Crippen molar-refractivity contribution in [3.05, 3.63) is 53.5 Å². The molecule has 0 radical (unpaired) electrons. The standard InChI is InChI=1S/C16H16ClFN2O/c1-10-6-7-14(21-10)11(2)20-13-5-3-4-12(18)16(13)19-15(20)8-9-17/h3-7,11H,8-9H2,1-2H3. The van der Waals surface area contributed by atoms with Crippen molar-refractivity contribution < 1.29 is 8.81 Å². The highest BCUT2D eigenvalue weighted by atomic mass is 35.5. The highest BCUT2D eigenvalue weighted by Gasteiger charge is 2.20. The van der Waals surface area contributed by atoms with Crippen molar-refractivity contribution in [2.75, 3.05) is 5.88 Å². The van der Waals surface area contributed by atoms with E-state index in [0.29, 0.717) is 17.8 Å². The number of imidazole rings is 1. The summed E-state index contributed by atoms with van der Waals surface area (Å²) in [6.45, 7) is 3.92. The molecule has 0 aliphatic rings. The summed E-state index contributed by atoms with van der Waals surface area (Å²) >= 11 is 5.86. The van der Waals surface area contributed by atoms with Crippen LogP contribution in [0.1, 0.15) is 30.3 Å². The molecule has 21 heavy (non-hydrogen) atoms. The highest BCUT2D eigenvalue weighted by molar-refractivity contribution is 6.17. The Morgan fingerprint density at radius 1 is 1.33 bits per heavy atom. The van der Waals surface area contributed by atoms with Crippen LogP contribution in [0.5, 0.6) is 0 Å². The molecule has 2 aromatic heterocycles. The molecule has 110 valence electrons. The minimum atomic E-state index is -0.315. The first kappa shape index (κ1) is 14.1. The Bertz CT molecular complexity index is 778. The average molecular weight is 307 g/mol. The zero-order valence-electron chi connectivity index (χ0n) is 11.9. The molecular weight excluding hydrogens is 291 g/mol. The third-order valence-corrected chi connectivity index (χ3v) is 3.81. The molecule has 5 heteroatoms. The smallest absolute Gasteiger partial charge is 0.151 e. The zero-order chi connectivity index (χ0) is 15.0. The summed E-state index contributed by atoms with van der Waals surface area (Å²) in [7, 11) is 0. The fourth-order valence-corrected chi connectivity index (χ4v) is 2.80. The van der Waals surface area contributed by atoms with E-state index in [1.807, 2.05) is 36.6 Å². The predicted molar refractivity (Wildman–Crippen MR) is 81.4 cm³/mol. The van der Waals surface area contributed by atoms with Crippen molar-refractivity contribution in [3.8, 4) is 0 Å². The van der Waals surface area contributed by atoms with Gasteiger partial charge in [0.2, 0.25) is 0 Å². The van der Waals surface area contributed by atoms with Gasteiger partial charge in [-0.1, -0.05) is 6.07 Å². The third-order valence-electron chi connectivity index (χ3n) is 3.62. The van der Waals surface area contributed by atoms with E-state index in [9.17, 15) is 4.39 Å². The van der Waals surface area contributed by atoms with E-state index in [4.69, 9.17) is 16.0 Å². The van der Waals surface area contributed by atoms with E-state index >= 15 is 0 Å². The lowest BCUT2D eigenvalue weighted by atomic mass is 10.2. The number of aromatic nitrogens is 2. The minimum absolute atomic E-state index is 0.0660. The summed E-state index contributed by atoms with van der Waals surface area (Å²) in [5.41, 5.74) is 1.14. The first-order chi connectivity index (χ1) is 10.1. The highest BCUT2D eigenvalue weighted by Crippen LogP contribution is 2.28. The predicted octanol–water partition coefficient (Wildman–Crippen LogP) is 4.47. The van der Waals surface area contributed by atoms with Crippen LogP contribution < -0.4 is 0 Å². The van der Waals surface area contributed by atoms with Crippen molar-refractivity contribution in [1.29, 1.82) is 0 Å². The van der Waals surface area contributed by atoms with Crippen LogP contribution in [-0.4, -0.2) is 15.4 Å². The van der Waals surface area contributed by atoms with E-state index in [1.165, 1.54) is 6.07 Å². The Labute approximate surface area is 127 Å². The number of benzene rings is 1. The fourth-order valence-electron chi connectivity index (χ4n) is 2.63. The second-order valence-electron chi connectivity index (χ2n) is 5.07. The molecule has 0 spiro atoms. The second-order valence-corrected chi connectivity index (χ2v) is 5.45. The number of nitrogens with zero attached hydrogens (tertiary/aromatic N) is 2. The van der Waals surface area contributed by atoms with E-state index in [1.54, 1.807) is 6.07 Å². The second kappa shape index (κ2) is 5.53. The van der Waals surface area contributed by atoms with Gasteiger partial charge in [0.1, 0.15) is 22.9 Å². The van der Waals surface area contributed by atoms with Gasteiger partial charge in [-0.3, -0.25) is 0 Å². The van der Waals surface area contributed by atoms with Crippen molar-refractivity contribution in [3.63, 3.8) is 0 Å². The van der Waals surface area contributed by atoms with Crippen LogP contribution in [0.15, 0.2) is 34.7 Å². The molecule has 0 saturated carbocycles. The monoisotopic (exact) mass is 306 g/mol. The maximum Gasteiger partial charge on any atom is 0.151 e. The Morgan fingerprint density at radius 3 is 2.81 bits per heavy atom. The van der Waals surface area contributed by atoms with Crippen LogP contribution in [-0.2, 0) is 6.42 Å². The Kier molecular flexibility index (Phi) is 3.72. The number of hydrogen-bond donors (Lipinski definition) is 0. The van der Waals surface area contributed by atoms with Crippen LogP contribution in [0.3, 0.4) is 0 Å². The molecule has 0 aliphatic carbocycles. The SMILES string of the molecule is Cc1ccc(C(C)n2c(CCCl)nc3c(F)cccc32)o1. The number of para-hydroxylation sites is 1. The molecule has 1 unspecified atom stereocenters. The van der Waals surface area contributed by atoms with Gasteiger partial charge in [0.05, 0.1) is 11.6 Å². The number of aryl methyl sites for hydroxylation is 2. The molecule has 0 fully saturated rings. The zero-order valence-corrected chi connectivity index (χ0v) is 12.7. The summed E-state index contributed by atoms with van der Waals surface area (Å²) in [6, 6.07) is 8.79. The van der Waals surface area contributed by atoms with Gasteiger partial charge in [-0.05, 0) is 38.1 Å². The minimum Gasteiger partial charge on any atom is -0.464 e. The maximum atomic E-state index is 14.0. The largest absolute Gasteiger partial charge is 0.464 e. The summed E-state index contributed by atoms with van der Waals surface area (Å²) in [6.07, 6.45) is 0.583. The van der Waals surface area contributed by atoms with E-state index in [-0.39, 0.29) is 11.9 Å². The summed E-state index contributed by atoms with van der Waals surface area (Å²) in [5.74, 6) is 2.57. The molecular formula is C16H16ClFN2O. The van der Waals surface area contributed by atoms with Crippen LogP contribution in [0, 0.1) is 12.7 Å². The number of rotatable bonds is 4. The summed E-state index contributed by atoms with van der Waals surface area (Å²) < 4.78 is 21.7. The van der Waals surface area contributed by atoms with Crippen molar-refractivity contribution in [1.82, 2.24) is 9.55 Å². The molecule has 0 amide bonds. The van der Waals surface area contributed by atoms with E-state index in [2.05, 4.69) is 4.98 Å². The number of alkyl halides is 1. The number of furan rings is 1. The Hall–Kier alpha value is -1.81. The number of halogens is 2. The molecule has 3 nitrogen and oxygen atoms in total. The van der Waals surface area contributed by atoms with Crippen LogP contribution >= 0.6 is 11.6 Å². The topological polar surface area (TPSA) is 31.0 Å².